The van der Waals surface area contributed by atoms with Crippen LogP contribution in [0.25, 0.3) is 100 Å². The largest absolute Gasteiger partial charge is 0.307 e. The lowest BCUT2D eigenvalue weighted by Gasteiger charge is -2.14. The second-order valence-corrected chi connectivity index (χ2v) is 14.2. The maximum atomic E-state index is 5.43. The SMILES string of the molecule is c1ccc(-c2ccc(-c3cc(-c4ccccc4)nc(-n4c5ccccc5c5ccc6c7ccccc7n(-c7ccc(-c8ccccc8)cc7)c6c54)n3)cc2)cc1. The van der Waals surface area contributed by atoms with Gasteiger partial charge < -0.3 is 4.57 Å². The van der Waals surface area contributed by atoms with Gasteiger partial charge in [0, 0.05) is 38.4 Å². The highest BCUT2D eigenvalue weighted by Crippen LogP contribution is 2.42. The fourth-order valence-electron chi connectivity index (χ4n) is 8.31. The fourth-order valence-corrected chi connectivity index (χ4v) is 8.31. The van der Waals surface area contributed by atoms with E-state index in [1.54, 1.807) is 0 Å². The predicted molar refractivity (Wildman–Crippen MR) is 232 cm³/mol. The quantitative estimate of drug-likeness (QED) is 0.172. The topological polar surface area (TPSA) is 35.6 Å². The Morgan fingerprint density at radius 2 is 0.661 bits per heavy atom. The number of fused-ring (bicyclic) bond motifs is 7. The Morgan fingerprint density at radius 1 is 0.286 bits per heavy atom. The molecule has 56 heavy (non-hydrogen) atoms. The summed E-state index contributed by atoms with van der Waals surface area (Å²) in [5.74, 6) is 0.628. The van der Waals surface area contributed by atoms with Gasteiger partial charge in [0.25, 0.3) is 0 Å². The van der Waals surface area contributed by atoms with E-state index < -0.39 is 0 Å². The zero-order valence-electron chi connectivity index (χ0n) is 30.4. The number of aromatic nitrogens is 4. The molecular formula is C52H34N4. The van der Waals surface area contributed by atoms with E-state index in [1.165, 1.54) is 33.0 Å². The van der Waals surface area contributed by atoms with E-state index in [2.05, 4.69) is 209 Å². The van der Waals surface area contributed by atoms with E-state index in [1.807, 2.05) is 6.07 Å². The molecule has 0 aliphatic rings. The highest BCUT2D eigenvalue weighted by molar-refractivity contribution is 6.23. The van der Waals surface area contributed by atoms with E-state index in [4.69, 9.17) is 9.97 Å². The van der Waals surface area contributed by atoms with Crippen molar-refractivity contribution in [2.75, 3.05) is 0 Å². The summed E-state index contributed by atoms with van der Waals surface area (Å²) < 4.78 is 4.70. The van der Waals surface area contributed by atoms with Gasteiger partial charge in [0.2, 0.25) is 5.95 Å². The number of benzene rings is 8. The first-order valence-electron chi connectivity index (χ1n) is 19.0. The molecule has 0 aliphatic heterocycles. The van der Waals surface area contributed by atoms with Crippen LogP contribution in [0.5, 0.6) is 0 Å². The Morgan fingerprint density at radius 3 is 1.20 bits per heavy atom. The van der Waals surface area contributed by atoms with Crippen LogP contribution < -0.4 is 0 Å². The number of hydrogen-bond donors (Lipinski definition) is 0. The van der Waals surface area contributed by atoms with Crippen molar-refractivity contribution in [1.29, 1.82) is 0 Å². The Hall–Kier alpha value is -7.56. The molecule has 3 heterocycles. The normalized spacial score (nSPS) is 11.6. The summed E-state index contributed by atoms with van der Waals surface area (Å²) in [5, 5.41) is 4.69. The Labute approximate surface area is 324 Å². The minimum Gasteiger partial charge on any atom is -0.307 e. The highest BCUT2D eigenvalue weighted by atomic mass is 15.2. The second kappa shape index (κ2) is 13.1. The van der Waals surface area contributed by atoms with Crippen molar-refractivity contribution in [2.45, 2.75) is 0 Å². The Balaban J connectivity index is 1.20. The number of para-hydroxylation sites is 2. The van der Waals surface area contributed by atoms with Gasteiger partial charge in [-0.15, -0.1) is 0 Å². The average Bonchev–Trinajstić information content (AvgIpc) is 3.80. The van der Waals surface area contributed by atoms with Crippen molar-refractivity contribution in [3.8, 4) is 56.4 Å². The summed E-state index contributed by atoms with van der Waals surface area (Å²) in [7, 11) is 0. The minimum absolute atomic E-state index is 0.628. The van der Waals surface area contributed by atoms with E-state index in [0.29, 0.717) is 5.95 Å². The second-order valence-electron chi connectivity index (χ2n) is 14.2. The number of hydrogen-bond acceptors (Lipinski definition) is 2. The predicted octanol–water partition coefficient (Wildman–Crippen LogP) is 13.3. The summed E-state index contributed by atoms with van der Waals surface area (Å²) in [6.07, 6.45) is 0. The number of nitrogens with zero attached hydrogens (tertiary/aromatic N) is 4. The van der Waals surface area contributed by atoms with Crippen LogP contribution >= 0.6 is 0 Å². The van der Waals surface area contributed by atoms with Gasteiger partial charge in [-0.1, -0.05) is 176 Å². The van der Waals surface area contributed by atoms with E-state index in [9.17, 15) is 0 Å². The Kier molecular flexibility index (Phi) is 7.46. The molecule has 0 saturated carbocycles. The van der Waals surface area contributed by atoms with Gasteiger partial charge in [0.05, 0.1) is 33.5 Å². The molecule has 0 N–H and O–H groups in total. The first-order chi connectivity index (χ1) is 27.8. The molecule has 0 amide bonds. The summed E-state index contributed by atoms with van der Waals surface area (Å²) >= 11 is 0. The average molecular weight is 715 g/mol. The molecular weight excluding hydrogens is 681 g/mol. The molecule has 8 aromatic carbocycles. The lowest BCUT2D eigenvalue weighted by molar-refractivity contribution is 0.995. The molecule has 3 aromatic heterocycles. The summed E-state index contributed by atoms with van der Waals surface area (Å²) in [6.45, 7) is 0. The summed E-state index contributed by atoms with van der Waals surface area (Å²) in [5.41, 5.74) is 14.0. The lowest BCUT2D eigenvalue weighted by Crippen LogP contribution is -2.05. The van der Waals surface area contributed by atoms with Crippen LogP contribution in [0.3, 0.4) is 0 Å². The van der Waals surface area contributed by atoms with Gasteiger partial charge in [-0.25, -0.2) is 9.97 Å². The first kappa shape index (κ1) is 31.9. The molecule has 0 bridgehead atoms. The van der Waals surface area contributed by atoms with Crippen LogP contribution in [-0.4, -0.2) is 19.1 Å². The van der Waals surface area contributed by atoms with E-state index in [-0.39, 0.29) is 0 Å². The van der Waals surface area contributed by atoms with Crippen molar-refractivity contribution in [1.82, 2.24) is 19.1 Å². The van der Waals surface area contributed by atoms with Crippen molar-refractivity contribution in [3.05, 3.63) is 206 Å². The van der Waals surface area contributed by atoms with E-state index in [0.717, 1.165) is 61.0 Å². The van der Waals surface area contributed by atoms with Crippen molar-refractivity contribution in [2.24, 2.45) is 0 Å². The Bertz CT molecular complexity index is 3200. The van der Waals surface area contributed by atoms with Crippen LogP contribution in [0.15, 0.2) is 206 Å². The van der Waals surface area contributed by atoms with Gasteiger partial charge in [0.15, 0.2) is 0 Å². The maximum absolute atomic E-state index is 5.43. The van der Waals surface area contributed by atoms with Crippen LogP contribution in [0, 0.1) is 0 Å². The highest BCUT2D eigenvalue weighted by Gasteiger charge is 2.23. The van der Waals surface area contributed by atoms with Gasteiger partial charge >= 0.3 is 0 Å². The van der Waals surface area contributed by atoms with Gasteiger partial charge in [-0.05, 0) is 52.6 Å². The van der Waals surface area contributed by atoms with Crippen molar-refractivity contribution >= 4 is 43.6 Å². The van der Waals surface area contributed by atoms with Crippen LogP contribution in [0.1, 0.15) is 0 Å². The first-order valence-corrected chi connectivity index (χ1v) is 19.0. The van der Waals surface area contributed by atoms with Gasteiger partial charge in [-0.2, -0.15) is 0 Å². The lowest BCUT2D eigenvalue weighted by atomic mass is 10.0. The molecule has 0 fully saturated rings. The third-order valence-corrected chi connectivity index (χ3v) is 11.0. The van der Waals surface area contributed by atoms with Crippen LogP contribution in [-0.2, 0) is 0 Å². The molecule has 0 radical (unpaired) electrons. The van der Waals surface area contributed by atoms with Crippen LogP contribution in [0.2, 0.25) is 0 Å². The molecule has 0 atom stereocenters. The molecule has 0 spiro atoms. The molecule has 0 saturated heterocycles. The van der Waals surface area contributed by atoms with E-state index >= 15 is 0 Å². The zero-order valence-corrected chi connectivity index (χ0v) is 30.4. The van der Waals surface area contributed by atoms with Gasteiger partial charge in [-0.3, -0.25) is 4.57 Å². The zero-order chi connectivity index (χ0) is 37.0. The molecule has 4 heteroatoms. The maximum Gasteiger partial charge on any atom is 0.235 e. The molecule has 11 rings (SSSR count). The van der Waals surface area contributed by atoms with Crippen molar-refractivity contribution in [3.63, 3.8) is 0 Å². The standard InChI is InChI=1S/C52H34N4/c1-4-14-35(15-5-1)37-24-26-40(27-25-37)47-34-46(39-18-8-3-9-19-39)53-52(54-47)56-49-23-13-11-21-43(49)45-33-32-44-42-20-10-12-22-48(42)55(50(44)51(45)56)41-30-28-38(29-31-41)36-16-6-2-7-17-36/h1-34H. The monoisotopic (exact) mass is 714 g/mol. The molecule has 0 unspecified atom stereocenters. The molecule has 4 nitrogen and oxygen atoms in total. The molecule has 262 valence electrons. The van der Waals surface area contributed by atoms with Crippen LogP contribution in [0.4, 0.5) is 0 Å². The van der Waals surface area contributed by atoms with Crippen molar-refractivity contribution < 1.29 is 0 Å². The smallest absolute Gasteiger partial charge is 0.235 e. The third-order valence-electron chi connectivity index (χ3n) is 11.0. The van der Waals surface area contributed by atoms with Gasteiger partial charge in [0.1, 0.15) is 0 Å². The summed E-state index contributed by atoms with van der Waals surface area (Å²) in [6, 6.07) is 73.1. The minimum atomic E-state index is 0.628. The summed E-state index contributed by atoms with van der Waals surface area (Å²) in [4.78, 5) is 10.8. The fraction of sp³-hybridized carbons (Fsp3) is 0. The molecule has 0 aliphatic carbocycles. The third kappa shape index (κ3) is 5.23. The number of rotatable bonds is 6. The molecule has 11 aromatic rings.